The molecule has 1 aliphatic carbocycles. The van der Waals surface area contributed by atoms with Crippen LogP contribution in [0, 0.1) is 0 Å². The second-order valence-electron chi connectivity index (χ2n) is 7.29. The number of aryl methyl sites for hydroxylation is 1. The zero-order chi connectivity index (χ0) is 19.3. The molecule has 2 nitrogen and oxygen atoms in total. The number of phenols is 1. The summed E-state index contributed by atoms with van der Waals surface area (Å²) in [5.74, 6) is 1.25. The van der Waals surface area contributed by atoms with Gasteiger partial charge in [0.2, 0.25) is 0 Å². The van der Waals surface area contributed by atoms with Crippen molar-refractivity contribution >= 4 is 11.1 Å². The van der Waals surface area contributed by atoms with Crippen LogP contribution in [0.1, 0.15) is 48.4 Å². The van der Waals surface area contributed by atoms with Crippen molar-refractivity contribution in [3.63, 3.8) is 0 Å². The van der Waals surface area contributed by atoms with E-state index in [4.69, 9.17) is 4.74 Å². The van der Waals surface area contributed by atoms with Gasteiger partial charge < -0.3 is 9.84 Å². The van der Waals surface area contributed by atoms with Gasteiger partial charge in [-0.3, -0.25) is 0 Å². The third-order valence-corrected chi connectivity index (χ3v) is 5.34. The monoisotopic (exact) mass is 370 g/mol. The maximum atomic E-state index is 9.74. The van der Waals surface area contributed by atoms with E-state index >= 15 is 0 Å². The highest BCUT2D eigenvalue weighted by atomic mass is 16.5. The fourth-order valence-corrected chi connectivity index (χ4v) is 3.88. The lowest BCUT2D eigenvalue weighted by Crippen LogP contribution is -2.07. The van der Waals surface area contributed by atoms with Crippen molar-refractivity contribution in [2.24, 2.45) is 0 Å². The molecule has 0 atom stereocenters. The third kappa shape index (κ3) is 3.82. The summed E-state index contributed by atoms with van der Waals surface area (Å²) in [5.41, 5.74) is 7.61. The van der Waals surface area contributed by atoms with E-state index in [0.29, 0.717) is 5.75 Å². The molecule has 0 amide bonds. The number of unbranched alkanes of at least 4 members (excludes halogenated alkanes) is 1. The summed E-state index contributed by atoms with van der Waals surface area (Å²) in [6.07, 6.45) is 4.21. The number of hydrogen-bond donors (Lipinski definition) is 1. The van der Waals surface area contributed by atoms with E-state index in [1.165, 1.54) is 27.8 Å². The van der Waals surface area contributed by atoms with E-state index < -0.39 is 0 Å². The van der Waals surface area contributed by atoms with Crippen molar-refractivity contribution in [2.45, 2.75) is 32.6 Å². The first kappa shape index (κ1) is 18.4. The highest BCUT2D eigenvalue weighted by molar-refractivity contribution is 6.00. The van der Waals surface area contributed by atoms with Gasteiger partial charge in [0.25, 0.3) is 0 Å². The van der Waals surface area contributed by atoms with E-state index in [0.717, 1.165) is 43.6 Å². The van der Waals surface area contributed by atoms with E-state index in [1.807, 2.05) is 12.1 Å². The number of phenolic OH excluding ortho intramolecular Hbond substituents is 1. The smallest absolute Gasteiger partial charge is 0.119 e. The molecule has 3 aromatic rings. The van der Waals surface area contributed by atoms with Crippen LogP contribution < -0.4 is 4.74 Å². The highest BCUT2D eigenvalue weighted by Gasteiger charge is 2.22. The topological polar surface area (TPSA) is 29.5 Å². The van der Waals surface area contributed by atoms with Gasteiger partial charge in [0, 0.05) is 0 Å². The predicted octanol–water partition coefficient (Wildman–Crippen LogP) is 6.48. The lowest BCUT2D eigenvalue weighted by Gasteiger charge is -2.25. The van der Waals surface area contributed by atoms with Crippen LogP contribution in [0.2, 0.25) is 0 Å². The minimum absolute atomic E-state index is 0.293. The van der Waals surface area contributed by atoms with Gasteiger partial charge in [-0.2, -0.15) is 0 Å². The fourth-order valence-electron chi connectivity index (χ4n) is 3.88. The predicted molar refractivity (Wildman–Crippen MR) is 116 cm³/mol. The molecular weight excluding hydrogens is 344 g/mol. The molecular formula is C26H26O2. The molecule has 3 aromatic carbocycles. The van der Waals surface area contributed by atoms with E-state index in [9.17, 15) is 5.11 Å². The van der Waals surface area contributed by atoms with Gasteiger partial charge in [-0.15, -0.1) is 0 Å². The Kier molecular flexibility index (Phi) is 5.48. The van der Waals surface area contributed by atoms with Gasteiger partial charge in [-0.25, -0.2) is 0 Å². The Balaban J connectivity index is 1.80. The molecule has 0 bridgehead atoms. The Morgan fingerprint density at radius 3 is 2.39 bits per heavy atom. The highest BCUT2D eigenvalue weighted by Crippen LogP contribution is 2.42. The first-order valence-corrected chi connectivity index (χ1v) is 10.1. The maximum Gasteiger partial charge on any atom is 0.119 e. The molecule has 0 spiro atoms. The normalized spacial score (nSPS) is 13.3. The molecule has 142 valence electrons. The van der Waals surface area contributed by atoms with Gasteiger partial charge in [-0.1, -0.05) is 61.9 Å². The molecule has 0 heterocycles. The van der Waals surface area contributed by atoms with E-state index in [1.54, 1.807) is 12.1 Å². The molecule has 1 N–H and O–H groups in total. The molecule has 0 saturated carbocycles. The first-order chi connectivity index (χ1) is 13.8. The summed E-state index contributed by atoms with van der Waals surface area (Å²) in [7, 11) is 0. The number of aromatic hydroxyl groups is 1. The molecule has 2 heteroatoms. The van der Waals surface area contributed by atoms with Crippen molar-refractivity contribution in [3.8, 4) is 11.5 Å². The van der Waals surface area contributed by atoms with Crippen LogP contribution in [-0.2, 0) is 6.42 Å². The van der Waals surface area contributed by atoms with E-state index in [2.05, 4.69) is 55.5 Å². The van der Waals surface area contributed by atoms with Crippen molar-refractivity contribution in [3.05, 3.63) is 95.1 Å². The summed E-state index contributed by atoms with van der Waals surface area (Å²) in [5, 5.41) is 9.74. The number of allylic oxidation sites excluding steroid dienone is 1. The van der Waals surface area contributed by atoms with E-state index in [-0.39, 0.29) is 0 Å². The van der Waals surface area contributed by atoms with Crippen LogP contribution in [0.5, 0.6) is 11.5 Å². The summed E-state index contributed by atoms with van der Waals surface area (Å²) in [4.78, 5) is 0. The van der Waals surface area contributed by atoms with Gasteiger partial charge in [0.1, 0.15) is 11.5 Å². The lowest BCUT2D eigenvalue weighted by molar-refractivity contribution is 0.309. The van der Waals surface area contributed by atoms with Crippen LogP contribution in [-0.4, -0.2) is 11.7 Å². The number of rotatable bonds is 6. The molecule has 1 aliphatic rings. The first-order valence-electron chi connectivity index (χ1n) is 10.1. The van der Waals surface area contributed by atoms with Crippen LogP contribution in [0.4, 0.5) is 0 Å². The Bertz CT molecular complexity index is 969. The third-order valence-electron chi connectivity index (χ3n) is 5.34. The Morgan fingerprint density at radius 1 is 0.857 bits per heavy atom. The minimum Gasteiger partial charge on any atom is -0.508 e. The van der Waals surface area contributed by atoms with Crippen LogP contribution in [0.3, 0.4) is 0 Å². The second kappa shape index (κ2) is 8.35. The van der Waals surface area contributed by atoms with Crippen LogP contribution in [0.25, 0.3) is 11.1 Å². The lowest BCUT2D eigenvalue weighted by atomic mass is 9.79. The van der Waals surface area contributed by atoms with Crippen molar-refractivity contribution < 1.29 is 9.84 Å². The number of benzene rings is 3. The molecule has 4 rings (SSSR count). The summed E-state index contributed by atoms with van der Waals surface area (Å²) < 4.78 is 5.93. The van der Waals surface area contributed by atoms with Gasteiger partial charge in [0.05, 0.1) is 6.61 Å². The van der Waals surface area contributed by atoms with Crippen LogP contribution in [0.15, 0.2) is 72.8 Å². The van der Waals surface area contributed by atoms with Crippen molar-refractivity contribution in [1.29, 1.82) is 0 Å². The number of hydrogen-bond acceptors (Lipinski definition) is 2. The fraction of sp³-hybridized carbons (Fsp3) is 0.231. The summed E-state index contributed by atoms with van der Waals surface area (Å²) in [6, 6.07) is 24.6. The zero-order valence-electron chi connectivity index (χ0n) is 16.3. The molecule has 0 saturated heterocycles. The molecule has 0 radical (unpaired) electrons. The van der Waals surface area contributed by atoms with Crippen molar-refractivity contribution in [2.75, 3.05) is 6.61 Å². The quantitative estimate of drug-likeness (QED) is 0.503. The van der Waals surface area contributed by atoms with Crippen molar-refractivity contribution in [1.82, 2.24) is 0 Å². The molecule has 0 aromatic heterocycles. The van der Waals surface area contributed by atoms with Gasteiger partial charge in [-0.05, 0) is 76.9 Å². The summed E-state index contributed by atoms with van der Waals surface area (Å²) in [6.45, 7) is 2.95. The molecule has 0 aliphatic heterocycles. The zero-order valence-corrected chi connectivity index (χ0v) is 16.3. The largest absolute Gasteiger partial charge is 0.508 e. The minimum atomic E-state index is 0.293. The Hall–Kier alpha value is -3.00. The van der Waals surface area contributed by atoms with Crippen LogP contribution >= 0.6 is 0 Å². The average molecular weight is 370 g/mol. The molecule has 28 heavy (non-hydrogen) atoms. The van der Waals surface area contributed by atoms with Gasteiger partial charge >= 0.3 is 0 Å². The SMILES string of the molecule is CCCCOc1ccc2c(c1)CCC(c1ccccc1)=C2c1ccc(O)cc1. The number of fused-ring (bicyclic) bond motifs is 1. The Morgan fingerprint density at radius 2 is 1.64 bits per heavy atom. The second-order valence-corrected chi connectivity index (χ2v) is 7.29. The summed E-state index contributed by atoms with van der Waals surface area (Å²) >= 11 is 0. The number of ether oxygens (including phenoxy) is 1. The van der Waals surface area contributed by atoms with Gasteiger partial charge in [0.15, 0.2) is 0 Å². The molecule has 0 fully saturated rings. The Labute approximate surface area is 167 Å². The maximum absolute atomic E-state index is 9.74. The standard InChI is InChI=1S/C26H26O2/c1-2-3-17-28-23-14-16-25-21(18-23)11-15-24(19-7-5-4-6-8-19)26(25)20-9-12-22(27)13-10-20/h4-10,12-14,16,18,27H,2-3,11,15,17H2,1H3. The molecule has 0 unspecified atom stereocenters. The average Bonchev–Trinajstić information content (AvgIpc) is 2.74.